The predicted octanol–water partition coefficient (Wildman–Crippen LogP) is 2.75. The second kappa shape index (κ2) is 38.5. The predicted molar refractivity (Wildman–Crippen MR) is 293 cm³/mol. The van der Waals surface area contributed by atoms with Crippen LogP contribution in [0.15, 0.2) is 72.8 Å². The number of hydrogen-bond acceptors (Lipinski definition) is 20. The van der Waals surface area contributed by atoms with Gasteiger partial charge < -0.3 is 100 Å². The molecule has 0 fully saturated rings. The van der Waals surface area contributed by atoms with E-state index in [0.717, 1.165) is 0 Å². The highest BCUT2D eigenvalue weighted by Gasteiger charge is 2.33. The minimum Gasteiger partial charge on any atom is -0.504 e. The average Bonchev–Trinajstić information content (AvgIpc) is 3.45. The third kappa shape index (κ3) is 28.7. The fraction of sp³-hybridized carbons (Fsp3) is 0.509. The number of ether oxygens (including phenoxy) is 8. The number of benzene rings is 4. The first-order valence-electron chi connectivity index (χ1n) is 26.8. The van der Waals surface area contributed by atoms with Gasteiger partial charge in [0, 0.05) is 51.9 Å². The third-order valence-corrected chi connectivity index (χ3v) is 12.1. The number of hydrogen-bond donors (Lipinski definition) is 12. The summed E-state index contributed by atoms with van der Waals surface area (Å²) in [5.41, 5.74) is 1.92. The number of nitrogens with one attached hydrogen (secondary N) is 4. The van der Waals surface area contributed by atoms with Gasteiger partial charge in [-0.3, -0.25) is 19.2 Å². The van der Waals surface area contributed by atoms with Gasteiger partial charge in [0.15, 0.2) is 46.0 Å². The molecule has 0 atom stereocenters. The van der Waals surface area contributed by atoms with Crippen molar-refractivity contribution < 1.29 is 97.9 Å². The second-order valence-electron chi connectivity index (χ2n) is 18.9. The highest BCUT2D eigenvalue weighted by atomic mass is 16.6. The SMILES string of the molecule is O=C(CCc1ccc(O)c(O)c1)NCCOCCOCC(COCCOCCNC(=O)CCc1ccc(O)c(O)c1)(COCCOCCNC(=O)CCc1ccc(O)c(O)c1)COCCOCCNC(=O)CCc1ccc(O)c(O)c1. The number of carbonyl (C=O) groups excluding carboxylic acids is 4. The Bertz CT molecular complexity index is 2160. The molecule has 0 aliphatic heterocycles. The van der Waals surface area contributed by atoms with Crippen molar-refractivity contribution in [2.75, 3.05) is 132 Å². The zero-order valence-corrected chi connectivity index (χ0v) is 45.7. The maximum atomic E-state index is 12.4. The molecular weight excluding hydrogens is 1060 g/mol. The van der Waals surface area contributed by atoms with Crippen molar-refractivity contribution in [2.45, 2.75) is 51.4 Å². The molecule has 0 aliphatic carbocycles. The van der Waals surface area contributed by atoms with Crippen molar-refractivity contribution in [1.82, 2.24) is 21.3 Å². The molecule has 0 unspecified atom stereocenters. The van der Waals surface area contributed by atoms with Gasteiger partial charge in [-0.1, -0.05) is 24.3 Å². The summed E-state index contributed by atoms with van der Waals surface area (Å²) in [6, 6.07) is 17.6. The van der Waals surface area contributed by atoms with Crippen LogP contribution < -0.4 is 21.3 Å². The Morgan fingerprint density at radius 2 is 0.506 bits per heavy atom. The summed E-state index contributed by atoms with van der Waals surface area (Å²) < 4.78 is 47.4. The maximum absolute atomic E-state index is 12.4. The summed E-state index contributed by atoms with van der Waals surface area (Å²) in [6.45, 7) is 3.76. The molecule has 4 aromatic rings. The van der Waals surface area contributed by atoms with E-state index in [1.165, 1.54) is 48.5 Å². The summed E-state index contributed by atoms with van der Waals surface area (Å²) in [4.78, 5) is 49.6. The Morgan fingerprint density at radius 1 is 0.296 bits per heavy atom. The smallest absolute Gasteiger partial charge is 0.220 e. The summed E-state index contributed by atoms with van der Waals surface area (Å²) in [5, 5.41) is 88.2. The summed E-state index contributed by atoms with van der Waals surface area (Å²) >= 11 is 0. The third-order valence-electron chi connectivity index (χ3n) is 12.1. The molecule has 4 aromatic carbocycles. The van der Waals surface area contributed by atoms with Crippen molar-refractivity contribution >= 4 is 23.6 Å². The van der Waals surface area contributed by atoms with E-state index in [0.29, 0.717) is 47.9 Å². The molecule has 81 heavy (non-hydrogen) atoms. The van der Waals surface area contributed by atoms with E-state index in [2.05, 4.69) is 21.3 Å². The number of aryl methyl sites for hydroxylation is 4. The fourth-order valence-electron chi connectivity index (χ4n) is 7.62. The zero-order chi connectivity index (χ0) is 58.5. The highest BCUT2D eigenvalue weighted by Crippen LogP contribution is 2.28. The number of carbonyl (C=O) groups is 4. The van der Waals surface area contributed by atoms with Gasteiger partial charge in [-0.05, 0) is 96.5 Å². The highest BCUT2D eigenvalue weighted by molar-refractivity contribution is 5.77. The first-order valence-corrected chi connectivity index (χ1v) is 26.8. The van der Waals surface area contributed by atoms with E-state index >= 15 is 0 Å². The lowest BCUT2D eigenvalue weighted by atomic mass is 9.92. The lowest BCUT2D eigenvalue weighted by molar-refractivity contribution is -0.122. The average molecular weight is 1140 g/mol. The van der Waals surface area contributed by atoms with Crippen LogP contribution >= 0.6 is 0 Å². The number of aromatic hydroxyl groups is 8. The first kappa shape index (κ1) is 66.4. The number of amides is 4. The van der Waals surface area contributed by atoms with Crippen molar-refractivity contribution in [3.8, 4) is 46.0 Å². The molecule has 0 radical (unpaired) electrons. The maximum Gasteiger partial charge on any atom is 0.220 e. The molecule has 4 rings (SSSR count). The lowest BCUT2D eigenvalue weighted by Gasteiger charge is -2.33. The molecule has 4 amide bonds. The molecule has 0 spiro atoms. The minimum atomic E-state index is -0.880. The molecule has 0 saturated carbocycles. The Balaban J connectivity index is 1.24. The van der Waals surface area contributed by atoms with Crippen molar-refractivity contribution in [2.24, 2.45) is 5.41 Å². The number of phenolic OH excluding ortho intramolecular Hbond substituents is 8. The van der Waals surface area contributed by atoms with E-state index in [9.17, 15) is 60.0 Å². The van der Waals surface area contributed by atoms with Crippen LogP contribution in [-0.2, 0) is 82.8 Å². The van der Waals surface area contributed by atoms with Gasteiger partial charge in [-0.15, -0.1) is 0 Å². The zero-order valence-electron chi connectivity index (χ0n) is 45.7. The van der Waals surface area contributed by atoms with Gasteiger partial charge in [0.05, 0.1) is 111 Å². The van der Waals surface area contributed by atoms with Crippen LogP contribution in [0.4, 0.5) is 0 Å². The molecular formula is C57H80N4O20. The number of phenols is 8. The molecule has 0 bridgehead atoms. The van der Waals surface area contributed by atoms with Crippen LogP contribution in [0.3, 0.4) is 0 Å². The Labute approximate surface area is 471 Å². The molecule has 12 N–H and O–H groups in total. The molecule has 0 heterocycles. The Hall–Kier alpha value is -7.16. The molecule has 0 saturated heterocycles. The van der Waals surface area contributed by atoms with Crippen molar-refractivity contribution in [1.29, 1.82) is 0 Å². The van der Waals surface area contributed by atoms with E-state index in [-0.39, 0.29) is 227 Å². The number of rotatable bonds is 44. The van der Waals surface area contributed by atoms with Gasteiger partial charge in [0.1, 0.15) is 0 Å². The van der Waals surface area contributed by atoms with Crippen LogP contribution in [0, 0.1) is 5.41 Å². The van der Waals surface area contributed by atoms with Crippen LogP contribution in [0.5, 0.6) is 46.0 Å². The van der Waals surface area contributed by atoms with Gasteiger partial charge in [0.25, 0.3) is 0 Å². The molecule has 448 valence electrons. The second-order valence-corrected chi connectivity index (χ2v) is 18.9. The fourth-order valence-corrected chi connectivity index (χ4v) is 7.62. The Kier molecular flexibility index (Phi) is 31.5. The van der Waals surface area contributed by atoms with E-state index in [1.54, 1.807) is 24.3 Å². The molecule has 24 nitrogen and oxygen atoms in total. The molecule has 24 heteroatoms. The quantitative estimate of drug-likeness (QED) is 0.0224. The van der Waals surface area contributed by atoms with Crippen molar-refractivity contribution in [3.05, 3.63) is 95.1 Å². The minimum absolute atomic E-state index is 0.101. The largest absolute Gasteiger partial charge is 0.504 e. The lowest BCUT2D eigenvalue weighted by Crippen LogP contribution is -2.43. The van der Waals surface area contributed by atoms with Crippen LogP contribution in [0.1, 0.15) is 47.9 Å². The Morgan fingerprint density at radius 3 is 0.716 bits per heavy atom. The van der Waals surface area contributed by atoms with E-state index < -0.39 is 5.41 Å². The summed E-state index contributed by atoms with van der Waals surface area (Å²) in [5.74, 6) is -2.78. The van der Waals surface area contributed by atoms with Gasteiger partial charge in [-0.25, -0.2) is 0 Å². The van der Waals surface area contributed by atoms with E-state index in [1.807, 2.05) is 0 Å². The monoisotopic (exact) mass is 1140 g/mol. The van der Waals surface area contributed by atoms with Gasteiger partial charge in [-0.2, -0.15) is 0 Å². The summed E-state index contributed by atoms with van der Waals surface area (Å²) in [6.07, 6.45) is 2.18. The molecule has 0 aromatic heterocycles. The van der Waals surface area contributed by atoms with E-state index in [4.69, 9.17) is 37.9 Å². The van der Waals surface area contributed by atoms with Gasteiger partial charge >= 0.3 is 0 Å². The first-order chi connectivity index (χ1) is 39.1. The topological polar surface area (TPSA) is 352 Å². The van der Waals surface area contributed by atoms with Crippen molar-refractivity contribution in [3.63, 3.8) is 0 Å². The van der Waals surface area contributed by atoms with Gasteiger partial charge in [0.2, 0.25) is 23.6 Å². The summed E-state index contributed by atoms with van der Waals surface area (Å²) in [7, 11) is 0. The van der Waals surface area contributed by atoms with Crippen LogP contribution in [0.2, 0.25) is 0 Å². The molecule has 0 aliphatic rings. The normalized spacial score (nSPS) is 11.4. The van der Waals surface area contributed by atoms with Crippen LogP contribution in [0.25, 0.3) is 0 Å². The standard InChI is InChI=1S/C57H80N4O20/c62-45-9-1-41(33-49(45)66)5-13-53(70)58-17-21-74-25-29-78-37-57(38-79-30-26-75-22-18-59-54(71)14-6-42-2-10-46(63)50(67)34-42,39-80-31-27-76-23-19-60-55(72)15-7-43-3-11-47(64)51(68)35-43)40-81-32-28-77-24-20-61-56(73)16-8-44-4-12-48(65)52(69)36-44/h1-4,9-12,33-36,62-69H,5-8,13-32,37-40H2,(H,58,70)(H,59,71)(H,60,72)(H,61,73). The van der Waals surface area contributed by atoms with Crippen LogP contribution in [-0.4, -0.2) is 196 Å².